The van der Waals surface area contributed by atoms with Gasteiger partial charge in [-0.2, -0.15) is 0 Å². The fourth-order valence-corrected chi connectivity index (χ4v) is 2.54. The Labute approximate surface area is 114 Å². The zero-order valence-corrected chi connectivity index (χ0v) is 12.9. The molecule has 1 saturated heterocycles. The summed E-state index contributed by atoms with van der Waals surface area (Å²) in [6.07, 6.45) is 3.83. The Hall–Kier alpha value is -0.820. The van der Waals surface area contributed by atoms with Gasteiger partial charge in [0, 0.05) is 0 Å². The Balaban J connectivity index is 0.000000659. The fraction of sp³-hybridized carbons (Fsp3) is 0.647. The molecule has 1 nitrogen and oxygen atoms in total. The zero-order chi connectivity index (χ0) is 13.9. The van der Waals surface area contributed by atoms with E-state index in [0.717, 1.165) is 0 Å². The molecule has 1 N–H and O–H groups in total. The van der Waals surface area contributed by atoms with Gasteiger partial charge >= 0.3 is 0 Å². The van der Waals surface area contributed by atoms with Crippen LogP contribution in [0, 0.1) is 0 Å². The topological polar surface area (TPSA) is 12.0 Å². The first-order chi connectivity index (χ1) is 8.87. The molecule has 1 aromatic carbocycles. The summed E-state index contributed by atoms with van der Waals surface area (Å²) < 4.78 is 0. The second-order valence-corrected chi connectivity index (χ2v) is 4.25. The van der Waals surface area contributed by atoms with Gasteiger partial charge < -0.3 is 5.32 Å². The molecule has 1 aromatic rings. The number of rotatable bonds is 2. The van der Waals surface area contributed by atoms with Crippen molar-refractivity contribution in [3.63, 3.8) is 0 Å². The van der Waals surface area contributed by atoms with Gasteiger partial charge in [0.25, 0.3) is 0 Å². The van der Waals surface area contributed by atoms with Crippen molar-refractivity contribution in [3.8, 4) is 0 Å². The lowest BCUT2D eigenvalue weighted by atomic mass is 9.71. The molecular formula is C17H31N. The van der Waals surface area contributed by atoms with Crippen LogP contribution in [0.15, 0.2) is 30.3 Å². The normalized spacial score (nSPS) is 16.7. The minimum Gasteiger partial charge on any atom is -0.317 e. The van der Waals surface area contributed by atoms with E-state index in [4.69, 9.17) is 0 Å². The minimum atomic E-state index is 0.451. The molecule has 0 aliphatic carbocycles. The van der Waals surface area contributed by atoms with Crippen molar-refractivity contribution in [1.82, 2.24) is 5.32 Å². The van der Waals surface area contributed by atoms with Crippen LogP contribution in [0.3, 0.4) is 0 Å². The van der Waals surface area contributed by atoms with Crippen LogP contribution in [-0.4, -0.2) is 13.1 Å². The summed E-state index contributed by atoms with van der Waals surface area (Å²) in [5, 5.41) is 3.44. The van der Waals surface area contributed by atoms with Gasteiger partial charge in [-0.3, -0.25) is 0 Å². The number of piperidine rings is 1. The average Bonchev–Trinajstić information content (AvgIpc) is 2.53. The Morgan fingerprint density at radius 2 is 1.44 bits per heavy atom. The van der Waals surface area contributed by atoms with Crippen LogP contribution < -0.4 is 5.32 Å². The van der Waals surface area contributed by atoms with Crippen LogP contribution in [0.4, 0.5) is 0 Å². The Bertz CT molecular complexity index is 273. The van der Waals surface area contributed by atoms with E-state index in [1.54, 1.807) is 0 Å². The Kier molecular flexibility index (Phi) is 9.67. The quantitative estimate of drug-likeness (QED) is 0.796. The van der Waals surface area contributed by atoms with Crippen LogP contribution in [0.25, 0.3) is 0 Å². The van der Waals surface area contributed by atoms with Gasteiger partial charge in [0.1, 0.15) is 0 Å². The number of hydrogen-bond donors (Lipinski definition) is 1. The smallest absolute Gasteiger partial charge is 0.00255 e. The molecule has 0 unspecified atom stereocenters. The lowest BCUT2D eigenvalue weighted by molar-refractivity contribution is 0.298. The second-order valence-electron chi connectivity index (χ2n) is 4.25. The molecule has 1 aliphatic rings. The maximum atomic E-state index is 3.44. The third kappa shape index (κ3) is 4.45. The molecule has 0 radical (unpaired) electrons. The SMILES string of the molecule is CC.CC.CCC1(c2ccccc2)CCNCC1. The maximum Gasteiger partial charge on any atom is -0.00255 e. The maximum absolute atomic E-state index is 3.44. The van der Waals surface area contributed by atoms with Crippen LogP contribution >= 0.6 is 0 Å². The van der Waals surface area contributed by atoms with Crippen LogP contribution in [0.2, 0.25) is 0 Å². The molecule has 0 atom stereocenters. The van der Waals surface area contributed by atoms with E-state index in [1.807, 2.05) is 27.7 Å². The number of benzene rings is 1. The average molecular weight is 249 g/mol. The fourth-order valence-electron chi connectivity index (χ4n) is 2.54. The molecular weight excluding hydrogens is 218 g/mol. The van der Waals surface area contributed by atoms with Crippen molar-refractivity contribution in [2.45, 2.75) is 59.3 Å². The number of hydrogen-bond acceptors (Lipinski definition) is 1. The van der Waals surface area contributed by atoms with Gasteiger partial charge in [-0.05, 0) is 43.3 Å². The molecule has 1 heteroatoms. The molecule has 0 spiro atoms. The highest BCUT2D eigenvalue weighted by Crippen LogP contribution is 2.36. The van der Waals surface area contributed by atoms with Crippen molar-refractivity contribution < 1.29 is 0 Å². The molecule has 2 rings (SSSR count). The number of nitrogens with one attached hydrogen (secondary N) is 1. The van der Waals surface area contributed by atoms with Gasteiger partial charge in [0.15, 0.2) is 0 Å². The summed E-state index contributed by atoms with van der Waals surface area (Å²) in [5.74, 6) is 0. The molecule has 1 fully saturated rings. The highest BCUT2D eigenvalue weighted by molar-refractivity contribution is 5.25. The van der Waals surface area contributed by atoms with Crippen molar-refractivity contribution in [2.75, 3.05) is 13.1 Å². The standard InChI is InChI=1S/C13H19N.2C2H6/c1-2-13(8-10-14-11-9-13)12-6-4-3-5-7-12;2*1-2/h3-7,14H,2,8-11H2,1H3;2*1-2H3. The van der Waals surface area contributed by atoms with Gasteiger partial charge in [-0.25, -0.2) is 0 Å². The summed E-state index contributed by atoms with van der Waals surface area (Å²) in [5.41, 5.74) is 1.98. The predicted octanol–water partition coefficient (Wildman–Crippen LogP) is 4.77. The summed E-state index contributed by atoms with van der Waals surface area (Å²) in [4.78, 5) is 0. The molecule has 0 aromatic heterocycles. The Morgan fingerprint density at radius 1 is 0.944 bits per heavy atom. The first-order valence-electron chi connectivity index (χ1n) is 7.64. The zero-order valence-electron chi connectivity index (χ0n) is 12.9. The molecule has 1 aliphatic heterocycles. The van der Waals surface area contributed by atoms with Crippen LogP contribution in [0.5, 0.6) is 0 Å². The first kappa shape index (κ1) is 17.2. The molecule has 0 bridgehead atoms. The minimum absolute atomic E-state index is 0.451. The lowest BCUT2D eigenvalue weighted by Crippen LogP contribution is -2.39. The summed E-state index contributed by atoms with van der Waals surface area (Å²) in [6.45, 7) is 12.7. The van der Waals surface area contributed by atoms with Gasteiger partial charge in [-0.1, -0.05) is 65.0 Å². The predicted molar refractivity (Wildman–Crippen MR) is 83.2 cm³/mol. The molecule has 104 valence electrons. The van der Waals surface area contributed by atoms with Gasteiger partial charge in [-0.15, -0.1) is 0 Å². The van der Waals surface area contributed by atoms with Crippen molar-refractivity contribution in [2.24, 2.45) is 0 Å². The van der Waals surface area contributed by atoms with E-state index in [1.165, 1.54) is 37.9 Å². The van der Waals surface area contributed by atoms with Gasteiger partial charge in [0.2, 0.25) is 0 Å². The Morgan fingerprint density at radius 3 is 1.89 bits per heavy atom. The third-order valence-electron chi connectivity index (χ3n) is 3.62. The highest BCUT2D eigenvalue weighted by Gasteiger charge is 2.31. The van der Waals surface area contributed by atoms with E-state index in [0.29, 0.717) is 5.41 Å². The molecule has 0 saturated carbocycles. The summed E-state index contributed by atoms with van der Waals surface area (Å²) in [7, 11) is 0. The summed E-state index contributed by atoms with van der Waals surface area (Å²) in [6, 6.07) is 11.0. The summed E-state index contributed by atoms with van der Waals surface area (Å²) >= 11 is 0. The highest BCUT2D eigenvalue weighted by atomic mass is 14.9. The first-order valence-corrected chi connectivity index (χ1v) is 7.64. The monoisotopic (exact) mass is 249 g/mol. The van der Waals surface area contributed by atoms with E-state index in [2.05, 4.69) is 42.6 Å². The van der Waals surface area contributed by atoms with Crippen LogP contribution in [0.1, 0.15) is 59.4 Å². The van der Waals surface area contributed by atoms with Crippen molar-refractivity contribution >= 4 is 0 Å². The lowest BCUT2D eigenvalue weighted by Gasteiger charge is -2.37. The van der Waals surface area contributed by atoms with E-state index >= 15 is 0 Å². The van der Waals surface area contributed by atoms with Gasteiger partial charge in [0.05, 0.1) is 0 Å². The van der Waals surface area contributed by atoms with E-state index < -0.39 is 0 Å². The van der Waals surface area contributed by atoms with Crippen LogP contribution in [-0.2, 0) is 5.41 Å². The third-order valence-corrected chi connectivity index (χ3v) is 3.62. The molecule has 18 heavy (non-hydrogen) atoms. The van der Waals surface area contributed by atoms with E-state index in [9.17, 15) is 0 Å². The second kappa shape index (κ2) is 10.1. The van der Waals surface area contributed by atoms with E-state index in [-0.39, 0.29) is 0 Å². The molecule has 0 amide bonds. The largest absolute Gasteiger partial charge is 0.317 e. The van der Waals surface area contributed by atoms with Crippen molar-refractivity contribution in [1.29, 1.82) is 0 Å². The van der Waals surface area contributed by atoms with Crippen molar-refractivity contribution in [3.05, 3.63) is 35.9 Å². The molecule has 1 heterocycles.